The number of carbonyl (C=O) groups is 2. The van der Waals surface area contributed by atoms with Crippen molar-refractivity contribution in [2.24, 2.45) is 0 Å². The van der Waals surface area contributed by atoms with E-state index in [1.807, 2.05) is 13.8 Å². The number of amides is 3. The zero-order chi connectivity index (χ0) is 15.8. The van der Waals surface area contributed by atoms with Crippen molar-refractivity contribution in [3.63, 3.8) is 0 Å². The lowest BCUT2D eigenvalue weighted by atomic mass is 10.2. The molecular formula is C14H19Cl2N3O2. The van der Waals surface area contributed by atoms with Crippen LogP contribution in [0.25, 0.3) is 0 Å². The van der Waals surface area contributed by atoms with Gasteiger partial charge in [0.05, 0.1) is 10.6 Å². The number of halogens is 2. The second kappa shape index (κ2) is 8.74. The van der Waals surface area contributed by atoms with E-state index in [9.17, 15) is 9.59 Å². The molecule has 0 aliphatic carbocycles. The Morgan fingerprint density at radius 3 is 2.33 bits per heavy atom. The molecular weight excluding hydrogens is 313 g/mol. The molecule has 0 aliphatic rings. The van der Waals surface area contributed by atoms with E-state index in [0.29, 0.717) is 41.8 Å². The summed E-state index contributed by atoms with van der Waals surface area (Å²) in [6, 6.07) is 4.55. The van der Waals surface area contributed by atoms with Crippen molar-refractivity contribution in [2.45, 2.75) is 13.8 Å². The third-order valence-electron chi connectivity index (χ3n) is 2.91. The molecule has 0 aromatic heterocycles. The maximum absolute atomic E-state index is 11.9. The van der Waals surface area contributed by atoms with Gasteiger partial charge in [-0.25, -0.2) is 4.79 Å². The minimum Gasteiger partial charge on any atom is -0.350 e. The fraction of sp³-hybridized carbons (Fsp3) is 0.429. The van der Waals surface area contributed by atoms with Gasteiger partial charge in [-0.15, -0.1) is 0 Å². The van der Waals surface area contributed by atoms with E-state index >= 15 is 0 Å². The van der Waals surface area contributed by atoms with Crippen molar-refractivity contribution in [1.82, 2.24) is 15.5 Å². The summed E-state index contributed by atoms with van der Waals surface area (Å²) in [4.78, 5) is 25.3. The third-order valence-corrected chi connectivity index (χ3v) is 3.48. The molecule has 0 radical (unpaired) electrons. The molecule has 1 rings (SSSR count). The zero-order valence-electron chi connectivity index (χ0n) is 12.1. The van der Waals surface area contributed by atoms with Gasteiger partial charge in [-0.2, -0.15) is 0 Å². The van der Waals surface area contributed by atoms with Gasteiger partial charge in [-0.3, -0.25) is 4.79 Å². The van der Waals surface area contributed by atoms with Crippen molar-refractivity contribution in [1.29, 1.82) is 0 Å². The molecule has 0 aliphatic heterocycles. The van der Waals surface area contributed by atoms with Crippen LogP contribution in [-0.2, 0) is 0 Å². The second-order valence-corrected chi connectivity index (χ2v) is 5.13. The first kappa shape index (κ1) is 17.6. The number of nitrogens with one attached hydrogen (secondary N) is 2. The largest absolute Gasteiger partial charge is 0.350 e. The number of urea groups is 1. The molecule has 0 saturated heterocycles. The van der Waals surface area contributed by atoms with Crippen LogP contribution in [0.1, 0.15) is 24.2 Å². The Bertz CT molecular complexity index is 505. The Kier molecular flexibility index (Phi) is 7.32. The van der Waals surface area contributed by atoms with Gasteiger partial charge in [-0.05, 0) is 32.0 Å². The van der Waals surface area contributed by atoms with Gasteiger partial charge in [0.15, 0.2) is 0 Å². The van der Waals surface area contributed by atoms with Gasteiger partial charge in [-0.1, -0.05) is 23.2 Å². The average molecular weight is 332 g/mol. The molecule has 0 unspecified atom stereocenters. The van der Waals surface area contributed by atoms with Gasteiger partial charge in [0, 0.05) is 31.2 Å². The van der Waals surface area contributed by atoms with Crippen LogP contribution in [0.2, 0.25) is 10.0 Å². The molecule has 1 aromatic rings. The van der Waals surface area contributed by atoms with Crippen LogP contribution in [0, 0.1) is 0 Å². The summed E-state index contributed by atoms with van der Waals surface area (Å²) in [7, 11) is 0. The Hall–Kier alpha value is -1.46. The molecule has 0 bridgehead atoms. The van der Waals surface area contributed by atoms with E-state index in [0.717, 1.165) is 0 Å². The van der Waals surface area contributed by atoms with Crippen LogP contribution in [-0.4, -0.2) is 43.0 Å². The van der Waals surface area contributed by atoms with Gasteiger partial charge >= 0.3 is 6.03 Å². The van der Waals surface area contributed by atoms with E-state index in [-0.39, 0.29) is 11.9 Å². The minimum atomic E-state index is -0.320. The fourth-order valence-electron chi connectivity index (χ4n) is 1.73. The van der Waals surface area contributed by atoms with Gasteiger partial charge < -0.3 is 15.5 Å². The van der Waals surface area contributed by atoms with Crippen molar-refractivity contribution in [3.05, 3.63) is 33.8 Å². The van der Waals surface area contributed by atoms with E-state index in [2.05, 4.69) is 10.6 Å². The quantitative estimate of drug-likeness (QED) is 0.787. The molecule has 0 atom stereocenters. The highest BCUT2D eigenvalue weighted by atomic mass is 35.5. The number of rotatable bonds is 6. The van der Waals surface area contributed by atoms with Crippen molar-refractivity contribution < 1.29 is 9.59 Å². The first-order chi connectivity index (χ1) is 9.99. The first-order valence-electron chi connectivity index (χ1n) is 6.75. The highest BCUT2D eigenvalue weighted by molar-refractivity contribution is 6.35. The summed E-state index contributed by atoms with van der Waals surface area (Å²) in [6.45, 7) is 5.77. The Morgan fingerprint density at radius 1 is 1.10 bits per heavy atom. The standard InChI is InChI=1S/C14H19Cl2N3O2/c1-3-19(4-2)14(21)18-8-7-17-13(20)11-9-10(15)5-6-12(11)16/h5-6,9H,3-4,7-8H2,1-2H3,(H,17,20)(H,18,21). The van der Waals surface area contributed by atoms with E-state index in [4.69, 9.17) is 23.2 Å². The molecule has 0 fully saturated rings. The van der Waals surface area contributed by atoms with Crippen molar-refractivity contribution in [3.8, 4) is 0 Å². The Morgan fingerprint density at radius 2 is 1.71 bits per heavy atom. The molecule has 0 saturated carbocycles. The molecule has 1 aromatic carbocycles. The lowest BCUT2D eigenvalue weighted by Crippen LogP contribution is -2.42. The molecule has 3 amide bonds. The Labute approximate surface area is 134 Å². The van der Waals surface area contributed by atoms with Crippen LogP contribution in [0.4, 0.5) is 4.79 Å². The number of hydrogen-bond acceptors (Lipinski definition) is 2. The lowest BCUT2D eigenvalue weighted by Gasteiger charge is -2.19. The monoisotopic (exact) mass is 331 g/mol. The molecule has 7 heteroatoms. The molecule has 0 heterocycles. The van der Waals surface area contributed by atoms with E-state index in [1.54, 1.807) is 17.0 Å². The van der Waals surface area contributed by atoms with Crippen LogP contribution < -0.4 is 10.6 Å². The topological polar surface area (TPSA) is 61.4 Å². The van der Waals surface area contributed by atoms with Crippen LogP contribution in [0.15, 0.2) is 18.2 Å². The molecule has 0 spiro atoms. The smallest absolute Gasteiger partial charge is 0.317 e. The molecule has 116 valence electrons. The maximum Gasteiger partial charge on any atom is 0.317 e. The summed E-state index contributed by atoms with van der Waals surface area (Å²) >= 11 is 11.8. The van der Waals surface area contributed by atoms with Gasteiger partial charge in [0.25, 0.3) is 5.91 Å². The predicted octanol–water partition coefficient (Wildman–Crippen LogP) is 2.77. The number of carbonyl (C=O) groups excluding carboxylic acids is 2. The summed E-state index contributed by atoms with van der Waals surface area (Å²) < 4.78 is 0. The SMILES string of the molecule is CCN(CC)C(=O)NCCNC(=O)c1cc(Cl)ccc1Cl. The highest BCUT2D eigenvalue weighted by Crippen LogP contribution is 2.20. The third kappa shape index (κ3) is 5.44. The molecule has 5 nitrogen and oxygen atoms in total. The predicted molar refractivity (Wildman–Crippen MR) is 85.1 cm³/mol. The fourth-order valence-corrected chi connectivity index (χ4v) is 2.11. The normalized spacial score (nSPS) is 10.1. The van der Waals surface area contributed by atoms with E-state index < -0.39 is 0 Å². The first-order valence-corrected chi connectivity index (χ1v) is 7.51. The summed E-state index contributed by atoms with van der Waals surface area (Å²) in [5, 5.41) is 6.19. The van der Waals surface area contributed by atoms with E-state index in [1.165, 1.54) is 6.07 Å². The van der Waals surface area contributed by atoms with Crippen molar-refractivity contribution >= 4 is 35.1 Å². The van der Waals surface area contributed by atoms with Gasteiger partial charge in [0.1, 0.15) is 0 Å². The second-order valence-electron chi connectivity index (χ2n) is 4.28. The highest BCUT2D eigenvalue weighted by Gasteiger charge is 2.11. The molecule has 2 N–H and O–H groups in total. The number of hydrogen-bond donors (Lipinski definition) is 2. The Balaban J connectivity index is 2.41. The van der Waals surface area contributed by atoms with Crippen LogP contribution in [0.5, 0.6) is 0 Å². The van der Waals surface area contributed by atoms with Gasteiger partial charge in [0.2, 0.25) is 0 Å². The summed E-state index contributed by atoms with van der Waals surface area (Å²) in [5.41, 5.74) is 0.319. The molecule has 21 heavy (non-hydrogen) atoms. The summed E-state index contributed by atoms with van der Waals surface area (Å²) in [5.74, 6) is -0.320. The zero-order valence-corrected chi connectivity index (χ0v) is 13.6. The lowest BCUT2D eigenvalue weighted by molar-refractivity contribution is 0.0953. The maximum atomic E-state index is 11.9. The summed E-state index contributed by atoms with van der Waals surface area (Å²) in [6.07, 6.45) is 0. The minimum absolute atomic E-state index is 0.143. The van der Waals surface area contributed by atoms with Crippen molar-refractivity contribution in [2.75, 3.05) is 26.2 Å². The van der Waals surface area contributed by atoms with Crippen LogP contribution >= 0.6 is 23.2 Å². The average Bonchev–Trinajstić information content (AvgIpc) is 2.47. The number of nitrogens with zero attached hydrogens (tertiary/aromatic N) is 1. The van der Waals surface area contributed by atoms with Crippen LogP contribution in [0.3, 0.4) is 0 Å². The number of benzene rings is 1.